The van der Waals surface area contributed by atoms with E-state index in [0.717, 1.165) is 4.70 Å². The van der Waals surface area contributed by atoms with Gasteiger partial charge in [0.1, 0.15) is 5.75 Å². The predicted molar refractivity (Wildman–Crippen MR) is 120 cm³/mol. The van der Waals surface area contributed by atoms with Crippen LogP contribution in [0, 0.1) is 5.82 Å². The van der Waals surface area contributed by atoms with Gasteiger partial charge in [-0.05, 0) is 30.7 Å². The van der Waals surface area contributed by atoms with Crippen molar-refractivity contribution in [1.29, 1.82) is 0 Å². The van der Waals surface area contributed by atoms with Gasteiger partial charge in [-0.1, -0.05) is 11.3 Å². The maximum Gasteiger partial charge on any atom is 0.324 e. The summed E-state index contributed by atoms with van der Waals surface area (Å²) < 4.78 is 15.5. The Morgan fingerprint density at radius 3 is 2.91 bits per heavy atom. The lowest BCUT2D eigenvalue weighted by Gasteiger charge is -2.40. The van der Waals surface area contributed by atoms with Crippen molar-refractivity contribution in [2.45, 2.75) is 25.5 Å². The molecule has 0 unspecified atom stereocenters. The SMILES string of the molecule is C[C@H]1CN(c2ncc(C[C@@H](O)CO)cc2F)CCN1C(=O)Nc1nc2cc(O)ccc2s1. The summed E-state index contributed by atoms with van der Waals surface area (Å²) in [4.78, 5) is 24.8. The van der Waals surface area contributed by atoms with Crippen LogP contribution in [0.15, 0.2) is 30.5 Å². The number of rotatable bonds is 5. The third kappa shape index (κ3) is 4.74. The summed E-state index contributed by atoms with van der Waals surface area (Å²) in [6.07, 6.45) is 0.660. The molecule has 170 valence electrons. The quantitative estimate of drug-likeness (QED) is 0.459. The van der Waals surface area contributed by atoms with Crippen molar-refractivity contribution >= 4 is 38.5 Å². The number of hydrogen-bond acceptors (Lipinski definition) is 8. The normalized spacial score (nSPS) is 17.6. The van der Waals surface area contributed by atoms with Crippen molar-refractivity contribution in [2.75, 3.05) is 36.5 Å². The van der Waals surface area contributed by atoms with Gasteiger partial charge in [-0.2, -0.15) is 0 Å². The molecule has 2 atom stereocenters. The molecule has 3 aromatic rings. The third-order valence-electron chi connectivity index (χ3n) is 5.33. The molecule has 1 saturated heterocycles. The standard InChI is InChI=1S/C21H24FN5O4S/c1-12-10-26(19-16(22)7-13(9-23-19)6-15(30)11-28)4-5-27(12)21(31)25-20-24-17-8-14(29)2-3-18(17)32-20/h2-3,7-9,12,15,28-30H,4-6,10-11H2,1H3,(H,24,25,31)/t12-,15+/m0/s1. The van der Waals surface area contributed by atoms with E-state index in [4.69, 9.17) is 5.11 Å². The van der Waals surface area contributed by atoms with Crippen LogP contribution in [0.3, 0.4) is 0 Å². The molecule has 1 aliphatic rings. The number of fused-ring (bicyclic) bond motifs is 1. The van der Waals surface area contributed by atoms with E-state index in [9.17, 15) is 19.4 Å². The van der Waals surface area contributed by atoms with Gasteiger partial charge < -0.3 is 25.1 Å². The number of phenols is 1. The van der Waals surface area contributed by atoms with Crippen molar-refractivity contribution in [3.05, 3.63) is 41.8 Å². The molecule has 4 N–H and O–H groups in total. The number of phenolic OH excluding ortho intramolecular Hbond substituents is 1. The van der Waals surface area contributed by atoms with E-state index in [1.54, 1.807) is 28.0 Å². The largest absolute Gasteiger partial charge is 0.508 e. The number of piperazine rings is 1. The van der Waals surface area contributed by atoms with Crippen LogP contribution in [0.4, 0.5) is 20.1 Å². The van der Waals surface area contributed by atoms with Crippen LogP contribution in [0.1, 0.15) is 12.5 Å². The monoisotopic (exact) mass is 461 g/mol. The summed E-state index contributed by atoms with van der Waals surface area (Å²) in [7, 11) is 0. The molecule has 1 aliphatic heterocycles. The molecule has 0 bridgehead atoms. The average molecular weight is 462 g/mol. The molecular weight excluding hydrogens is 437 g/mol. The number of aromatic hydroxyl groups is 1. The summed E-state index contributed by atoms with van der Waals surface area (Å²) in [5.41, 5.74) is 1.11. The van der Waals surface area contributed by atoms with Crippen LogP contribution in [0.5, 0.6) is 5.75 Å². The van der Waals surface area contributed by atoms with E-state index in [1.165, 1.54) is 23.6 Å². The Hall–Kier alpha value is -3.02. The molecule has 9 nitrogen and oxygen atoms in total. The Kier molecular flexibility index (Phi) is 6.40. The van der Waals surface area contributed by atoms with Gasteiger partial charge in [-0.3, -0.25) is 5.32 Å². The highest BCUT2D eigenvalue weighted by molar-refractivity contribution is 7.22. The van der Waals surface area contributed by atoms with E-state index >= 15 is 0 Å². The number of carbonyl (C=O) groups excluding carboxylic acids is 1. The number of hydrogen-bond donors (Lipinski definition) is 4. The number of aliphatic hydroxyl groups excluding tert-OH is 2. The van der Waals surface area contributed by atoms with Crippen molar-refractivity contribution < 1.29 is 24.5 Å². The molecule has 4 rings (SSSR count). The number of aliphatic hydroxyl groups is 2. The first kappa shape index (κ1) is 22.2. The van der Waals surface area contributed by atoms with E-state index in [1.807, 2.05) is 6.92 Å². The molecule has 32 heavy (non-hydrogen) atoms. The number of urea groups is 1. The second kappa shape index (κ2) is 9.23. The minimum Gasteiger partial charge on any atom is -0.508 e. The Balaban J connectivity index is 1.39. The molecule has 0 radical (unpaired) electrons. The lowest BCUT2D eigenvalue weighted by molar-refractivity contribution is 0.0954. The highest BCUT2D eigenvalue weighted by atomic mass is 32.1. The van der Waals surface area contributed by atoms with Crippen molar-refractivity contribution in [3.63, 3.8) is 0 Å². The highest BCUT2D eigenvalue weighted by Gasteiger charge is 2.30. The summed E-state index contributed by atoms with van der Waals surface area (Å²) in [6.45, 7) is 2.68. The topological polar surface area (TPSA) is 122 Å². The van der Waals surface area contributed by atoms with Crippen LogP contribution < -0.4 is 10.2 Å². The van der Waals surface area contributed by atoms with Gasteiger partial charge in [0.05, 0.1) is 22.9 Å². The number of halogens is 1. The fourth-order valence-corrected chi connectivity index (χ4v) is 4.57. The highest BCUT2D eigenvalue weighted by Crippen LogP contribution is 2.29. The van der Waals surface area contributed by atoms with Crippen LogP contribution in [0.2, 0.25) is 0 Å². The molecule has 1 fully saturated rings. The number of nitrogens with one attached hydrogen (secondary N) is 1. The van der Waals surface area contributed by atoms with E-state index in [-0.39, 0.29) is 30.1 Å². The number of pyridine rings is 1. The van der Waals surface area contributed by atoms with Crippen molar-refractivity contribution in [1.82, 2.24) is 14.9 Å². The minimum absolute atomic E-state index is 0.115. The number of amides is 2. The van der Waals surface area contributed by atoms with Crippen molar-refractivity contribution in [2.24, 2.45) is 0 Å². The Morgan fingerprint density at radius 2 is 2.19 bits per heavy atom. The molecule has 11 heteroatoms. The van der Waals surface area contributed by atoms with E-state index in [0.29, 0.717) is 35.8 Å². The number of thiazole rings is 1. The lowest BCUT2D eigenvalue weighted by atomic mass is 10.1. The third-order valence-corrected chi connectivity index (χ3v) is 6.29. The maximum atomic E-state index is 14.6. The molecule has 0 spiro atoms. The zero-order valence-corrected chi connectivity index (χ0v) is 18.2. The average Bonchev–Trinajstić information content (AvgIpc) is 3.14. The van der Waals surface area contributed by atoms with E-state index in [2.05, 4.69) is 15.3 Å². The first-order chi connectivity index (χ1) is 15.3. The molecular formula is C21H24FN5O4S. The first-order valence-electron chi connectivity index (χ1n) is 10.2. The van der Waals surface area contributed by atoms with Crippen LogP contribution in [0.25, 0.3) is 10.2 Å². The summed E-state index contributed by atoms with van der Waals surface area (Å²) in [6, 6.07) is 5.69. The molecule has 3 heterocycles. The Bertz CT molecular complexity index is 1130. The van der Waals surface area contributed by atoms with E-state index < -0.39 is 18.5 Å². The number of benzene rings is 1. The lowest BCUT2D eigenvalue weighted by Crippen LogP contribution is -2.55. The second-order valence-corrected chi connectivity index (χ2v) is 8.81. The zero-order chi connectivity index (χ0) is 22.8. The summed E-state index contributed by atoms with van der Waals surface area (Å²) in [5, 5.41) is 31.3. The van der Waals surface area contributed by atoms with Crippen molar-refractivity contribution in [3.8, 4) is 5.75 Å². The van der Waals surface area contributed by atoms with Gasteiger partial charge in [0.2, 0.25) is 0 Å². The van der Waals surface area contributed by atoms with Crippen LogP contribution in [-0.2, 0) is 6.42 Å². The molecule has 2 amide bonds. The minimum atomic E-state index is -0.953. The fourth-order valence-electron chi connectivity index (χ4n) is 3.74. The number of carbonyl (C=O) groups is 1. The number of anilines is 2. The fraction of sp³-hybridized carbons (Fsp3) is 0.381. The van der Waals surface area contributed by atoms with Crippen LogP contribution >= 0.6 is 11.3 Å². The second-order valence-electron chi connectivity index (χ2n) is 7.78. The van der Waals surface area contributed by atoms with Crippen LogP contribution in [-0.4, -0.2) is 74.6 Å². The molecule has 0 aliphatic carbocycles. The molecule has 2 aromatic heterocycles. The van der Waals surface area contributed by atoms with Gasteiger partial charge >= 0.3 is 6.03 Å². The molecule has 0 saturated carbocycles. The van der Waals surface area contributed by atoms with Gasteiger partial charge in [0.15, 0.2) is 16.8 Å². The van der Waals surface area contributed by atoms with Gasteiger partial charge in [0.25, 0.3) is 0 Å². The molecule has 1 aromatic carbocycles. The Labute approximate surface area is 187 Å². The summed E-state index contributed by atoms with van der Waals surface area (Å²) >= 11 is 1.32. The zero-order valence-electron chi connectivity index (χ0n) is 17.4. The maximum absolute atomic E-state index is 14.6. The first-order valence-corrected chi connectivity index (χ1v) is 11.0. The van der Waals surface area contributed by atoms with Gasteiger partial charge in [-0.15, -0.1) is 0 Å². The van der Waals surface area contributed by atoms with Gasteiger partial charge in [-0.25, -0.2) is 19.2 Å². The predicted octanol–water partition coefficient (Wildman–Crippen LogP) is 2.17. The Morgan fingerprint density at radius 1 is 1.38 bits per heavy atom. The van der Waals surface area contributed by atoms with Gasteiger partial charge in [0, 0.05) is 44.4 Å². The number of nitrogens with zero attached hydrogens (tertiary/aromatic N) is 4. The number of aromatic nitrogens is 2. The summed E-state index contributed by atoms with van der Waals surface area (Å²) in [5.74, 6) is -0.190. The smallest absolute Gasteiger partial charge is 0.324 e.